The molecule has 1 aromatic rings. The van der Waals surface area contributed by atoms with Crippen LogP contribution in [-0.2, 0) is 23.3 Å². The van der Waals surface area contributed by atoms with E-state index in [1.165, 1.54) is 33.4 Å². The zero-order chi connectivity index (χ0) is 21.1. The van der Waals surface area contributed by atoms with Gasteiger partial charge >= 0.3 is 30.2 Å². The molecule has 0 amide bonds. The van der Waals surface area contributed by atoms with Crippen molar-refractivity contribution < 1.29 is 23.3 Å². The minimum atomic E-state index is 0.560. The van der Waals surface area contributed by atoms with Crippen LogP contribution in [0.5, 0.6) is 0 Å². The maximum atomic E-state index is 3.72. The van der Waals surface area contributed by atoms with Gasteiger partial charge in [-0.3, -0.25) is 12.2 Å². The van der Waals surface area contributed by atoms with Crippen molar-refractivity contribution in [2.45, 2.75) is 55.4 Å². The summed E-state index contributed by atoms with van der Waals surface area (Å²) < 4.78 is 0. The summed E-state index contributed by atoms with van der Waals surface area (Å²) in [5, 5.41) is 0. The van der Waals surface area contributed by atoms with E-state index in [1.807, 2.05) is 37.2 Å². The summed E-state index contributed by atoms with van der Waals surface area (Å²) in [4.78, 5) is 0. The molecule has 2 aliphatic rings. The molecule has 0 heterocycles. The minimum absolute atomic E-state index is 0.560. The van der Waals surface area contributed by atoms with Gasteiger partial charge in [0.2, 0.25) is 0 Å². The second-order valence-corrected chi connectivity index (χ2v) is 7.08. The number of hydrogen-bond acceptors (Lipinski definition) is 0. The molecule has 0 fully saturated rings. The number of allylic oxidation sites excluding steroid dienone is 8. The third-order valence-electron chi connectivity index (χ3n) is 5.32. The van der Waals surface area contributed by atoms with Crippen molar-refractivity contribution in [1.29, 1.82) is 0 Å². The summed E-state index contributed by atoms with van der Waals surface area (Å²) in [6.07, 6.45) is 6.72. The topological polar surface area (TPSA) is 0 Å². The van der Waals surface area contributed by atoms with Crippen LogP contribution in [-0.4, -0.2) is 6.88 Å². The molecule has 0 spiro atoms. The van der Waals surface area contributed by atoms with Crippen molar-refractivity contribution in [3.63, 3.8) is 0 Å². The van der Waals surface area contributed by atoms with E-state index in [9.17, 15) is 0 Å². The van der Waals surface area contributed by atoms with Crippen LogP contribution in [0.4, 0.5) is 0 Å². The van der Waals surface area contributed by atoms with E-state index in [0.717, 1.165) is 5.56 Å². The summed E-state index contributed by atoms with van der Waals surface area (Å²) in [5.41, 5.74) is 9.56. The fourth-order valence-corrected chi connectivity index (χ4v) is 2.80. The third kappa shape index (κ3) is 8.79. The van der Waals surface area contributed by atoms with E-state index in [0.29, 0.717) is 11.8 Å². The summed E-state index contributed by atoms with van der Waals surface area (Å²) in [6, 6.07) is 9.87. The first kappa shape index (κ1) is 26.1. The predicted molar refractivity (Wildman–Crippen MR) is 119 cm³/mol. The van der Waals surface area contributed by atoms with Crippen LogP contribution in [0.15, 0.2) is 63.8 Å². The standard InChI is InChI=1S/2C9H13.C7H7.H2Si.Zr/c2*1-6-5-7(2)9(4)8(6)3;1-7-5-3-2-4-6-7;;/h2*6H,1-4H3;2-6H,1H2;1H2;/q3*-1;;. The van der Waals surface area contributed by atoms with Crippen molar-refractivity contribution in [2.75, 3.05) is 0 Å². The summed E-state index contributed by atoms with van der Waals surface area (Å²) in [6.45, 7) is 23.0. The molecule has 2 unspecified atom stereocenters. The molecule has 0 saturated heterocycles. The molecule has 1 aromatic carbocycles. The Morgan fingerprint density at radius 3 is 1.19 bits per heavy atom. The maximum absolute atomic E-state index is 3.72. The van der Waals surface area contributed by atoms with Crippen molar-refractivity contribution >= 4 is 6.88 Å². The second-order valence-electron chi connectivity index (χ2n) is 7.08. The molecule has 0 aromatic heterocycles. The predicted octanol–water partition coefficient (Wildman–Crippen LogP) is 6.39. The Balaban J connectivity index is 0.000000361. The molecule has 0 N–H and O–H groups in total. The first-order valence-corrected chi connectivity index (χ1v) is 15.3. The first-order valence-electron chi connectivity index (χ1n) is 9.43. The molecule has 0 saturated carbocycles. The van der Waals surface area contributed by atoms with Gasteiger partial charge in [-0.25, -0.2) is 11.1 Å². The van der Waals surface area contributed by atoms with Crippen molar-refractivity contribution in [3.8, 4) is 0 Å². The molecule has 0 nitrogen and oxygen atoms in total. The summed E-state index contributed by atoms with van der Waals surface area (Å²) in [5.74, 6) is 1.12. The number of hydrogen-bond donors (Lipinski definition) is 0. The van der Waals surface area contributed by atoms with Gasteiger partial charge in [-0.2, -0.15) is 46.9 Å². The molecular weight excluding hydrogens is 420 g/mol. The Kier molecular flexibility index (Phi) is 12.9. The monoisotopic (exact) mass is 453 g/mol. The van der Waals surface area contributed by atoms with E-state index in [2.05, 4.69) is 74.5 Å². The van der Waals surface area contributed by atoms with Gasteiger partial charge in [0.25, 0.3) is 0 Å². The average Bonchev–Trinajstić information content (AvgIpc) is 3.02. The van der Waals surface area contributed by atoms with E-state index in [-0.39, 0.29) is 0 Å². The second kappa shape index (κ2) is 13.3. The first-order chi connectivity index (χ1) is 12.6. The normalized spacial score (nSPS) is 20.4. The number of benzene rings is 1. The van der Waals surface area contributed by atoms with Crippen molar-refractivity contribution in [2.24, 2.45) is 11.8 Å². The molecule has 3 rings (SSSR count). The van der Waals surface area contributed by atoms with Gasteiger partial charge in [0, 0.05) is 0 Å². The zero-order valence-corrected chi connectivity index (χ0v) is 22.3. The molecular formula is C25H35SiZr-3. The molecule has 27 heavy (non-hydrogen) atoms. The van der Waals surface area contributed by atoms with Crippen LogP contribution < -0.4 is 0 Å². The van der Waals surface area contributed by atoms with Gasteiger partial charge in [0.15, 0.2) is 0 Å². The van der Waals surface area contributed by atoms with E-state index in [1.54, 1.807) is 23.3 Å². The van der Waals surface area contributed by atoms with Gasteiger partial charge in [-0.05, 0) is 0 Å². The van der Waals surface area contributed by atoms with Crippen LogP contribution in [0.1, 0.15) is 61.0 Å². The van der Waals surface area contributed by atoms with Gasteiger partial charge in [-0.15, -0.1) is 26.0 Å². The van der Waals surface area contributed by atoms with Crippen LogP contribution in [0.25, 0.3) is 0 Å². The third-order valence-corrected chi connectivity index (χ3v) is 5.32. The SMILES string of the molecule is CC1=[C-]C(C)C(C)=C1C.CC1=[C-]C(C)C(C)=C1C.[CH2-]c1ccccc1.[SiH2]=[Zr]. The Labute approximate surface area is 185 Å². The Morgan fingerprint density at radius 1 is 0.741 bits per heavy atom. The molecule has 0 bridgehead atoms. The van der Waals surface area contributed by atoms with Crippen LogP contribution >= 0.6 is 0 Å². The van der Waals surface area contributed by atoms with E-state index in [4.69, 9.17) is 0 Å². The van der Waals surface area contributed by atoms with Crippen LogP contribution in [0.2, 0.25) is 0 Å². The van der Waals surface area contributed by atoms with Crippen LogP contribution in [0.3, 0.4) is 0 Å². The zero-order valence-electron chi connectivity index (χ0n) is 18.5. The number of rotatable bonds is 0. The Morgan fingerprint density at radius 2 is 1.07 bits per heavy atom. The summed E-state index contributed by atoms with van der Waals surface area (Å²) in [7, 11) is 0. The van der Waals surface area contributed by atoms with Crippen molar-refractivity contribution in [1.82, 2.24) is 0 Å². The van der Waals surface area contributed by atoms with Gasteiger partial charge in [-0.1, -0.05) is 59.4 Å². The summed E-state index contributed by atoms with van der Waals surface area (Å²) >= 11 is 1.58. The Bertz CT molecular complexity index is 676. The molecule has 0 aliphatic heterocycles. The molecule has 0 radical (unpaired) electrons. The quantitative estimate of drug-likeness (QED) is 0.314. The molecule has 146 valence electrons. The van der Waals surface area contributed by atoms with Gasteiger partial charge < -0.3 is 0 Å². The fraction of sp³-hybridized carbons (Fsp3) is 0.400. The molecule has 2 heteroatoms. The molecule has 2 aliphatic carbocycles. The van der Waals surface area contributed by atoms with Crippen LogP contribution in [0, 0.1) is 30.9 Å². The van der Waals surface area contributed by atoms with Gasteiger partial charge in [0.1, 0.15) is 0 Å². The van der Waals surface area contributed by atoms with Crippen molar-refractivity contribution in [3.05, 3.63) is 88.4 Å². The van der Waals surface area contributed by atoms with E-state index < -0.39 is 0 Å². The van der Waals surface area contributed by atoms with Gasteiger partial charge in [0.05, 0.1) is 0 Å². The Hall–Kier alpha value is -0.850. The van der Waals surface area contributed by atoms with E-state index >= 15 is 0 Å². The molecule has 2 atom stereocenters. The fourth-order valence-electron chi connectivity index (χ4n) is 2.80. The average molecular weight is 455 g/mol.